The van der Waals surface area contributed by atoms with Crippen molar-refractivity contribution in [2.24, 2.45) is 5.84 Å². The van der Waals surface area contributed by atoms with E-state index in [0.717, 1.165) is 5.56 Å². The molecule has 6 heteroatoms. The van der Waals surface area contributed by atoms with E-state index >= 15 is 0 Å². The molecule has 0 unspecified atom stereocenters. The van der Waals surface area contributed by atoms with Gasteiger partial charge in [-0.1, -0.05) is 6.07 Å². The van der Waals surface area contributed by atoms with Crippen LogP contribution in [0.4, 0.5) is 5.69 Å². The lowest BCUT2D eigenvalue weighted by molar-refractivity contribution is 0.0952. The van der Waals surface area contributed by atoms with Crippen molar-refractivity contribution in [2.45, 2.75) is 13.5 Å². The number of nitrogens with zero attached hydrogens (tertiary/aromatic N) is 2. The molecule has 1 aromatic heterocycles. The van der Waals surface area contributed by atoms with Crippen LogP contribution < -0.4 is 16.6 Å². The summed E-state index contributed by atoms with van der Waals surface area (Å²) in [6, 6.07) is 7.32. The summed E-state index contributed by atoms with van der Waals surface area (Å²) in [7, 11) is 0. The SMILES string of the molecule is Cc1ccc(C(=O)NCCn2cccn2)c(NN)c1. The van der Waals surface area contributed by atoms with E-state index in [0.29, 0.717) is 24.3 Å². The molecule has 19 heavy (non-hydrogen) atoms. The van der Waals surface area contributed by atoms with Crippen LogP contribution in [0.1, 0.15) is 15.9 Å². The van der Waals surface area contributed by atoms with Gasteiger partial charge in [0.25, 0.3) is 5.91 Å². The summed E-state index contributed by atoms with van der Waals surface area (Å²) >= 11 is 0. The number of anilines is 1. The van der Waals surface area contributed by atoms with Crippen molar-refractivity contribution in [3.05, 3.63) is 47.8 Å². The highest BCUT2D eigenvalue weighted by Crippen LogP contribution is 2.16. The van der Waals surface area contributed by atoms with Crippen molar-refractivity contribution in [3.8, 4) is 0 Å². The minimum atomic E-state index is -0.153. The maximum absolute atomic E-state index is 12.0. The van der Waals surface area contributed by atoms with Crippen molar-refractivity contribution in [2.75, 3.05) is 12.0 Å². The van der Waals surface area contributed by atoms with Gasteiger partial charge < -0.3 is 10.7 Å². The van der Waals surface area contributed by atoms with Crippen molar-refractivity contribution < 1.29 is 4.79 Å². The first kappa shape index (κ1) is 13.1. The van der Waals surface area contributed by atoms with Gasteiger partial charge in [0.05, 0.1) is 17.8 Å². The molecular formula is C13H17N5O. The number of carbonyl (C=O) groups excluding carboxylic acids is 1. The first-order valence-electron chi connectivity index (χ1n) is 6.03. The normalized spacial score (nSPS) is 10.2. The first-order valence-corrected chi connectivity index (χ1v) is 6.03. The van der Waals surface area contributed by atoms with Gasteiger partial charge in [0, 0.05) is 18.9 Å². The summed E-state index contributed by atoms with van der Waals surface area (Å²) < 4.78 is 1.76. The van der Waals surface area contributed by atoms with E-state index in [4.69, 9.17) is 5.84 Å². The second-order valence-corrected chi connectivity index (χ2v) is 4.22. The second kappa shape index (κ2) is 6.01. The molecule has 0 aliphatic carbocycles. The maximum atomic E-state index is 12.0. The Kier molecular flexibility index (Phi) is 4.15. The Balaban J connectivity index is 1.96. The van der Waals surface area contributed by atoms with Gasteiger partial charge in [-0.25, -0.2) is 0 Å². The van der Waals surface area contributed by atoms with Crippen LogP contribution in [0.15, 0.2) is 36.7 Å². The highest BCUT2D eigenvalue weighted by Gasteiger charge is 2.10. The lowest BCUT2D eigenvalue weighted by Crippen LogP contribution is -2.28. The van der Waals surface area contributed by atoms with E-state index in [1.165, 1.54) is 0 Å². The maximum Gasteiger partial charge on any atom is 0.253 e. The summed E-state index contributed by atoms with van der Waals surface area (Å²) in [6.45, 7) is 3.09. The Labute approximate surface area is 111 Å². The zero-order chi connectivity index (χ0) is 13.7. The molecule has 1 aromatic carbocycles. The summed E-state index contributed by atoms with van der Waals surface area (Å²) in [5, 5.41) is 6.90. The average molecular weight is 259 g/mol. The lowest BCUT2D eigenvalue weighted by Gasteiger charge is -2.10. The number of nitrogen functional groups attached to an aromatic ring is 1. The molecule has 0 saturated heterocycles. The van der Waals surface area contributed by atoms with Gasteiger partial charge in [-0.2, -0.15) is 5.10 Å². The fourth-order valence-corrected chi connectivity index (χ4v) is 1.79. The Morgan fingerprint density at radius 1 is 1.47 bits per heavy atom. The fraction of sp³-hybridized carbons (Fsp3) is 0.231. The number of rotatable bonds is 5. The topological polar surface area (TPSA) is 85.0 Å². The molecule has 0 saturated carbocycles. The number of hydrazine groups is 1. The number of nitrogens with one attached hydrogen (secondary N) is 2. The molecular weight excluding hydrogens is 242 g/mol. The Morgan fingerprint density at radius 2 is 2.32 bits per heavy atom. The van der Waals surface area contributed by atoms with Gasteiger partial charge in [-0.15, -0.1) is 0 Å². The lowest BCUT2D eigenvalue weighted by atomic mass is 10.1. The highest BCUT2D eigenvalue weighted by molar-refractivity contribution is 5.99. The number of aryl methyl sites for hydroxylation is 1. The van der Waals surface area contributed by atoms with Crippen LogP contribution in [0, 0.1) is 6.92 Å². The summed E-state index contributed by atoms with van der Waals surface area (Å²) in [4.78, 5) is 12.0. The number of amides is 1. The summed E-state index contributed by atoms with van der Waals surface area (Å²) in [5.74, 6) is 5.27. The monoisotopic (exact) mass is 259 g/mol. The number of benzene rings is 1. The third-order valence-corrected chi connectivity index (χ3v) is 2.76. The Hall–Kier alpha value is -2.34. The number of hydrogen-bond donors (Lipinski definition) is 3. The van der Waals surface area contributed by atoms with E-state index in [9.17, 15) is 4.79 Å². The largest absolute Gasteiger partial charge is 0.350 e. The van der Waals surface area contributed by atoms with Gasteiger partial charge in [0.1, 0.15) is 0 Å². The first-order chi connectivity index (χ1) is 9.20. The number of nitrogens with two attached hydrogens (primary N) is 1. The molecule has 1 heterocycles. The second-order valence-electron chi connectivity index (χ2n) is 4.22. The average Bonchev–Trinajstić information content (AvgIpc) is 2.91. The molecule has 0 fully saturated rings. The Bertz CT molecular complexity index is 550. The molecule has 0 radical (unpaired) electrons. The van der Waals surface area contributed by atoms with E-state index in [1.807, 2.05) is 31.3 Å². The van der Waals surface area contributed by atoms with Gasteiger partial charge in [-0.3, -0.25) is 15.3 Å². The van der Waals surface area contributed by atoms with Crippen LogP contribution in [0.25, 0.3) is 0 Å². The molecule has 0 aliphatic heterocycles. The molecule has 0 atom stereocenters. The van der Waals surface area contributed by atoms with Gasteiger partial charge >= 0.3 is 0 Å². The number of carbonyl (C=O) groups is 1. The van der Waals surface area contributed by atoms with Crippen LogP contribution in [0.3, 0.4) is 0 Å². The summed E-state index contributed by atoms with van der Waals surface area (Å²) in [6.07, 6.45) is 3.56. The van der Waals surface area contributed by atoms with Gasteiger partial charge in [0.2, 0.25) is 0 Å². The predicted octanol–water partition coefficient (Wildman–Crippen LogP) is 0.907. The predicted molar refractivity (Wildman–Crippen MR) is 73.5 cm³/mol. The van der Waals surface area contributed by atoms with Crippen molar-refractivity contribution in [1.82, 2.24) is 15.1 Å². The van der Waals surface area contributed by atoms with E-state index < -0.39 is 0 Å². The van der Waals surface area contributed by atoms with Crippen LogP contribution >= 0.6 is 0 Å². The van der Waals surface area contributed by atoms with E-state index in [2.05, 4.69) is 15.8 Å². The van der Waals surface area contributed by atoms with Crippen molar-refractivity contribution in [1.29, 1.82) is 0 Å². The number of hydrogen-bond acceptors (Lipinski definition) is 4. The standard InChI is InChI=1S/C13H17N5O/c1-10-3-4-11(12(9-10)17-14)13(19)15-6-8-18-7-2-5-16-18/h2-5,7,9,17H,6,8,14H2,1H3,(H,15,19). The fourth-order valence-electron chi connectivity index (χ4n) is 1.79. The van der Waals surface area contributed by atoms with Crippen LogP contribution in [-0.2, 0) is 6.54 Å². The molecule has 2 aromatic rings. The molecule has 4 N–H and O–H groups in total. The molecule has 6 nitrogen and oxygen atoms in total. The van der Waals surface area contributed by atoms with Crippen molar-refractivity contribution in [3.63, 3.8) is 0 Å². The Morgan fingerprint density at radius 3 is 3.00 bits per heavy atom. The van der Waals surface area contributed by atoms with Crippen LogP contribution in [-0.4, -0.2) is 22.2 Å². The van der Waals surface area contributed by atoms with Crippen LogP contribution in [0.5, 0.6) is 0 Å². The third-order valence-electron chi connectivity index (χ3n) is 2.76. The summed E-state index contributed by atoms with van der Waals surface area (Å²) in [5.41, 5.74) is 4.74. The molecule has 0 bridgehead atoms. The smallest absolute Gasteiger partial charge is 0.253 e. The van der Waals surface area contributed by atoms with E-state index in [-0.39, 0.29) is 5.91 Å². The quantitative estimate of drug-likeness (QED) is 0.550. The molecule has 2 rings (SSSR count). The third kappa shape index (κ3) is 3.32. The molecule has 1 amide bonds. The molecule has 0 spiro atoms. The van der Waals surface area contributed by atoms with Crippen molar-refractivity contribution >= 4 is 11.6 Å². The van der Waals surface area contributed by atoms with E-state index in [1.54, 1.807) is 16.9 Å². The minimum absolute atomic E-state index is 0.153. The highest BCUT2D eigenvalue weighted by atomic mass is 16.1. The van der Waals surface area contributed by atoms with Crippen LogP contribution in [0.2, 0.25) is 0 Å². The van der Waals surface area contributed by atoms with Gasteiger partial charge in [-0.05, 0) is 30.7 Å². The minimum Gasteiger partial charge on any atom is -0.350 e. The molecule has 100 valence electrons. The number of aromatic nitrogens is 2. The van der Waals surface area contributed by atoms with Gasteiger partial charge in [0.15, 0.2) is 0 Å². The zero-order valence-electron chi connectivity index (χ0n) is 10.8. The molecule has 0 aliphatic rings. The zero-order valence-corrected chi connectivity index (χ0v) is 10.8.